The van der Waals surface area contributed by atoms with E-state index in [1.54, 1.807) is 11.3 Å². The molecule has 0 amide bonds. The lowest BCUT2D eigenvalue weighted by atomic mass is 10.1. The summed E-state index contributed by atoms with van der Waals surface area (Å²) in [6, 6.07) is 20.1. The van der Waals surface area contributed by atoms with Gasteiger partial charge < -0.3 is 11.1 Å². The maximum Gasteiger partial charge on any atom is 0.141 e. The van der Waals surface area contributed by atoms with Gasteiger partial charge in [-0.2, -0.15) is 0 Å². The van der Waals surface area contributed by atoms with Crippen LogP contribution in [0.5, 0.6) is 0 Å². The van der Waals surface area contributed by atoms with Crippen LogP contribution in [0.3, 0.4) is 0 Å². The summed E-state index contributed by atoms with van der Waals surface area (Å²) in [7, 11) is 0. The van der Waals surface area contributed by atoms with E-state index in [1.807, 2.05) is 53.9 Å². The standard InChI is InChI=1S/C20H20ClN3S/c21-18-5-2-1-4-16(18)14-23-12-11-15-7-9-17(10-8-15)24-20(22)19-6-3-13-25-19/h1-10,13,23H,11-12,14H2,(H2,22,24). The molecule has 1 aromatic heterocycles. The third kappa shape index (κ3) is 5.16. The Bertz CT molecular complexity index is 826. The molecule has 1 heterocycles. The molecule has 3 nitrogen and oxygen atoms in total. The van der Waals surface area contributed by atoms with Gasteiger partial charge in [0.25, 0.3) is 0 Å². The van der Waals surface area contributed by atoms with Crippen LogP contribution in [0.2, 0.25) is 5.02 Å². The van der Waals surface area contributed by atoms with Gasteiger partial charge in [0.15, 0.2) is 0 Å². The number of thiophene rings is 1. The topological polar surface area (TPSA) is 50.4 Å². The largest absolute Gasteiger partial charge is 0.383 e. The Labute approximate surface area is 157 Å². The van der Waals surface area contributed by atoms with Crippen LogP contribution in [0.25, 0.3) is 0 Å². The van der Waals surface area contributed by atoms with Gasteiger partial charge in [0.2, 0.25) is 0 Å². The molecule has 0 fully saturated rings. The maximum absolute atomic E-state index is 6.15. The van der Waals surface area contributed by atoms with E-state index in [4.69, 9.17) is 17.3 Å². The van der Waals surface area contributed by atoms with Gasteiger partial charge in [-0.1, -0.05) is 48.0 Å². The molecule has 3 N–H and O–H groups in total. The number of amidine groups is 1. The van der Waals surface area contributed by atoms with Gasteiger partial charge in [0.05, 0.1) is 10.6 Å². The van der Waals surface area contributed by atoms with E-state index in [2.05, 4.69) is 22.4 Å². The molecule has 0 saturated heterocycles. The molecule has 0 bridgehead atoms. The molecule has 0 unspecified atom stereocenters. The fraction of sp³-hybridized carbons (Fsp3) is 0.150. The molecule has 0 atom stereocenters. The van der Waals surface area contributed by atoms with Crippen molar-refractivity contribution in [3.05, 3.63) is 87.1 Å². The molecule has 0 aliphatic carbocycles. The first-order chi connectivity index (χ1) is 12.2. The summed E-state index contributed by atoms with van der Waals surface area (Å²) in [5.74, 6) is 0.559. The Balaban J connectivity index is 1.49. The minimum Gasteiger partial charge on any atom is -0.383 e. The fourth-order valence-electron chi connectivity index (χ4n) is 2.45. The first-order valence-corrected chi connectivity index (χ1v) is 9.39. The number of halogens is 1. The van der Waals surface area contributed by atoms with Crippen LogP contribution in [0.4, 0.5) is 5.69 Å². The van der Waals surface area contributed by atoms with Crippen molar-refractivity contribution in [2.75, 3.05) is 6.54 Å². The number of nitrogens with one attached hydrogen (secondary N) is 1. The van der Waals surface area contributed by atoms with Crippen LogP contribution in [-0.2, 0) is 13.0 Å². The van der Waals surface area contributed by atoms with Crippen molar-refractivity contribution < 1.29 is 0 Å². The fourth-order valence-corrected chi connectivity index (χ4v) is 3.28. The summed E-state index contributed by atoms with van der Waals surface area (Å²) in [6.07, 6.45) is 0.953. The lowest BCUT2D eigenvalue weighted by Gasteiger charge is -2.07. The molecule has 0 aliphatic heterocycles. The molecule has 0 spiro atoms. The first-order valence-electron chi connectivity index (χ1n) is 8.13. The zero-order valence-corrected chi connectivity index (χ0v) is 15.4. The van der Waals surface area contributed by atoms with Crippen LogP contribution in [-0.4, -0.2) is 12.4 Å². The second kappa shape index (κ2) is 8.81. The Morgan fingerprint density at radius 3 is 2.56 bits per heavy atom. The van der Waals surface area contributed by atoms with Gasteiger partial charge in [0, 0.05) is 11.6 Å². The van der Waals surface area contributed by atoms with E-state index < -0.39 is 0 Å². The summed E-state index contributed by atoms with van der Waals surface area (Å²) in [6.45, 7) is 1.67. The second-order valence-corrected chi connectivity index (χ2v) is 7.01. The SMILES string of the molecule is NC(=Nc1ccc(CCNCc2ccccc2Cl)cc1)c1cccs1. The summed E-state index contributed by atoms with van der Waals surface area (Å²) in [4.78, 5) is 5.46. The number of hydrogen-bond acceptors (Lipinski definition) is 3. The Morgan fingerprint density at radius 2 is 1.84 bits per heavy atom. The molecule has 128 valence electrons. The Morgan fingerprint density at radius 1 is 1.04 bits per heavy atom. The number of hydrogen-bond donors (Lipinski definition) is 2. The van der Waals surface area contributed by atoms with Crippen molar-refractivity contribution in [1.29, 1.82) is 0 Å². The van der Waals surface area contributed by atoms with Gasteiger partial charge >= 0.3 is 0 Å². The van der Waals surface area contributed by atoms with Crippen LogP contribution >= 0.6 is 22.9 Å². The number of nitrogens with two attached hydrogens (primary N) is 1. The van der Waals surface area contributed by atoms with Crippen LogP contribution in [0, 0.1) is 0 Å². The zero-order chi connectivity index (χ0) is 17.5. The van der Waals surface area contributed by atoms with Gasteiger partial charge in [-0.25, -0.2) is 4.99 Å². The predicted molar refractivity (Wildman–Crippen MR) is 108 cm³/mol. The van der Waals surface area contributed by atoms with E-state index in [0.717, 1.165) is 40.7 Å². The monoisotopic (exact) mass is 369 g/mol. The van der Waals surface area contributed by atoms with Crippen LogP contribution in [0.15, 0.2) is 71.0 Å². The summed E-state index contributed by atoms with van der Waals surface area (Å²) < 4.78 is 0. The van der Waals surface area contributed by atoms with Crippen molar-refractivity contribution in [3.63, 3.8) is 0 Å². The molecular formula is C20H20ClN3S. The molecule has 2 aromatic carbocycles. The predicted octanol–water partition coefficient (Wildman–Crippen LogP) is 4.77. The van der Waals surface area contributed by atoms with E-state index in [9.17, 15) is 0 Å². The van der Waals surface area contributed by atoms with Gasteiger partial charge in [-0.05, 0) is 53.7 Å². The van der Waals surface area contributed by atoms with Crippen LogP contribution < -0.4 is 11.1 Å². The molecular weight excluding hydrogens is 350 g/mol. The van der Waals surface area contributed by atoms with Crippen molar-refractivity contribution in [1.82, 2.24) is 5.32 Å². The minimum absolute atomic E-state index is 0.559. The average Bonchev–Trinajstić information content (AvgIpc) is 3.16. The highest BCUT2D eigenvalue weighted by molar-refractivity contribution is 7.12. The first kappa shape index (κ1) is 17.7. The number of rotatable bonds is 7. The average molecular weight is 370 g/mol. The molecule has 0 saturated carbocycles. The smallest absolute Gasteiger partial charge is 0.141 e. The number of nitrogens with zero attached hydrogens (tertiary/aromatic N) is 1. The van der Waals surface area contributed by atoms with Gasteiger partial charge in [0.1, 0.15) is 5.84 Å². The quantitative estimate of drug-likeness (QED) is 0.358. The molecule has 0 radical (unpaired) electrons. The van der Waals surface area contributed by atoms with Gasteiger partial charge in [-0.3, -0.25) is 0 Å². The summed E-state index contributed by atoms with van der Waals surface area (Å²) in [5, 5.41) is 6.23. The van der Waals surface area contributed by atoms with E-state index in [-0.39, 0.29) is 0 Å². The van der Waals surface area contributed by atoms with Crippen molar-refractivity contribution in [2.24, 2.45) is 10.7 Å². The zero-order valence-electron chi connectivity index (χ0n) is 13.8. The lowest BCUT2D eigenvalue weighted by Crippen LogP contribution is -2.16. The summed E-state index contributed by atoms with van der Waals surface area (Å²) in [5.41, 5.74) is 9.28. The van der Waals surface area contributed by atoms with E-state index in [1.165, 1.54) is 5.56 Å². The molecule has 3 rings (SSSR count). The molecule has 5 heteroatoms. The second-order valence-electron chi connectivity index (χ2n) is 5.66. The third-order valence-corrected chi connectivity index (χ3v) is 5.08. The molecule has 0 aliphatic rings. The molecule has 25 heavy (non-hydrogen) atoms. The van der Waals surface area contributed by atoms with Gasteiger partial charge in [-0.15, -0.1) is 11.3 Å². The number of aliphatic imine (C=N–C) groups is 1. The van der Waals surface area contributed by atoms with Crippen molar-refractivity contribution in [3.8, 4) is 0 Å². The van der Waals surface area contributed by atoms with Crippen molar-refractivity contribution >= 4 is 34.5 Å². The van der Waals surface area contributed by atoms with E-state index in [0.29, 0.717) is 5.84 Å². The highest BCUT2D eigenvalue weighted by atomic mass is 35.5. The lowest BCUT2D eigenvalue weighted by molar-refractivity contribution is 0.687. The Hall–Kier alpha value is -2.14. The van der Waals surface area contributed by atoms with Crippen LogP contribution in [0.1, 0.15) is 16.0 Å². The highest BCUT2D eigenvalue weighted by Gasteiger charge is 2.01. The Kier molecular flexibility index (Phi) is 6.23. The molecule has 3 aromatic rings. The summed E-state index contributed by atoms with van der Waals surface area (Å²) >= 11 is 7.75. The normalized spacial score (nSPS) is 11.6. The maximum atomic E-state index is 6.15. The van der Waals surface area contributed by atoms with E-state index >= 15 is 0 Å². The van der Waals surface area contributed by atoms with Crippen molar-refractivity contribution in [2.45, 2.75) is 13.0 Å². The minimum atomic E-state index is 0.559. The number of benzene rings is 2. The highest BCUT2D eigenvalue weighted by Crippen LogP contribution is 2.17. The third-order valence-electron chi connectivity index (χ3n) is 3.82.